The Morgan fingerprint density at radius 1 is 1.32 bits per heavy atom. The third kappa shape index (κ3) is 3.17. The number of aromatic nitrogens is 1. The van der Waals surface area contributed by atoms with Gasteiger partial charge in [-0.25, -0.2) is 4.98 Å². The zero-order chi connectivity index (χ0) is 13.1. The van der Waals surface area contributed by atoms with Gasteiger partial charge in [0, 0.05) is 17.3 Å². The average molecular weight is 297 g/mol. The third-order valence-electron chi connectivity index (χ3n) is 4.11. The first kappa shape index (κ1) is 13.9. The van der Waals surface area contributed by atoms with Crippen LogP contribution >= 0.6 is 23.1 Å². The highest BCUT2D eigenvalue weighted by Crippen LogP contribution is 2.44. The van der Waals surface area contributed by atoms with Crippen molar-refractivity contribution in [2.75, 3.05) is 18.8 Å². The summed E-state index contributed by atoms with van der Waals surface area (Å²) in [6, 6.07) is 0. The van der Waals surface area contributed by atoms with E-state index in [2.05, 4.69) is 24.0 Å². The highest BCUT2D eigenvalue weighted by molar-refractivity contribution is 7.99. The molecule has 1 fully saturated rings. The number of hydrogen-bond donors (Lipinski definition) is 1. The second-order valence-corrected chi connectivity index (χ2v) is 8.08. The number of thioether (sulfide) groups is 1. The van der Waals surface area contributed by atoms with E-state index in [9.17, 15) is 0 Å². The number of thiazole rings is 1. The molecule has 1 aromatic heterocycles. The van der Waals surface area contributed by atoms with Crippen LogP contribution in [0, 0.1) is 0 Å². The number of nitrogens with one attached hydrogen (secondary N) is 1. The lowest BCUT2D eigenvalue weighted by Crippen LogP contribution is -2.24. The van der Waals surface area contributed by atoms with Gasteiger partial charge < -0.3 is 5.32 Å². The zero-order valence-electron chi connectivity index (χ0n) is 11.8. The number of hydrogen-bond acceptors (Lipinski definition) is 4. The first-order valence-corrected chi connectivity index (χ1v) is 9.56. The molecule has 0 bridgehead atoms. The van der Waals surface area contributed by atoms with Crippen LogP contribution in [-0.2, 0) is 6.42 Å². The first-order chi connectivity index (χ1) is 9.38. The second-order valence-electron chi connectivity index (χ2n) is 5.66. The van der Waals surface area contributed by atoms with Crippen molar-refractivity contribution in [1.82, 2.24) is 10.3 Å². The van der Waals surface area contributed by atoms with Crippen LogP contribution in [0.15, 0.2) is 0 Å². The van der Waals surface area contributed by atoms with Crippen molar-refractivity contribution >= 4 is 23.1 Å². The minimum atomic E-state index is 0.673. The molecule has 1 saturated heterocycles. The molecule has 0 radical (unpaired) electrons. The van der Waals surface area contributed by atoms with Gasteiger partial charge in [0.1, 0.15) is 5.01 Å². The minimum Gasteiger partial charge on any atom is -0.316 e. The lowest BCUT2D eigenvalue weighted by atomic mass is 9.91. The Hall–Kier alpha value is -0.0600. The fourth-order valence-electron chi connectivity index (χ4n) is 3.09. The molecule has 4 heteroatoms. The maximum Gasteiger partial charge on any atom is 0.106 e. The Bertz CT molecular complexity index is 410. The summed E-state index contributed by atoms with van der Waals surface area (Å²) in [6.45, 7) is 4.50. The van der Waals surface area contributed by atoms with Gasteiger partial charge in [-0.3, -0.25) is 0 Å². The smallest absolute Gasteiger partial charge is 0.106 e. The summed E-state index contributed by atoms with van der Waals surface area (Å²) in [5.41, 5.74) is 1.45. The van der Waals surface area contributed by atoms with Crippen LogP contribution in [0.4, 0.5) is 0 Å². The normalized spacial score (nSPS) is 26.6. The van der Waals surface area contributed by atoms with Gasteiger partial charge in [-0.1, -0.05) is 6.92 Å². The van der Waals surface area contributed by atoms with Crippen LogP contribution in [-0.4, -0.2) is 23.8 Å². The molecule has 1 aliphatic heterocycles. The van der Waals surface area contributed by atoms with Gasteiger partial charge in [0.2, 0.25) is 0 Å². The summed E-state index contributed by atoms with van der Waals surface area (Å²) in [6.07, 6.45) is 7.89. The Morgan fingerprint density at radius 2 is 2.26 bits per heavy atom. The average Bonchev–Trinajstić information content (AvgIpc) is 3.08. The van der Waals surface area contributed by atoms with E-state index >= 15 is 0 Å². The molecule has 0 spiro atoms. The van der Waals surface area contributed by atoms with Gasteiger partial charge in [-0.05, 0) is 50.8 Å². The monoisotopic (exact) mass is 296 g/mol. The molecule has 19 heavy (non-hydrogen) atoms. The van der Waals surface area contributed by atoms with E-state index in [1.807, 2.05) is 11.3 Å². The molecule has 2 aliphatic rings. The fourth-order valence-corrected chi connectivity index (χ4v) is 5.79. The SMILES string of the molecule is CCCNCC1CCCc2sc(C3CCCS3)nc21. The standard InChI is InChI=1S/C15H24N2S2/c1-2-8-16-10-11-5-3-6-12-14(11)17-15(19-12)13-7-4-9-18-13/h11,13,16H,2-10H2,1H3. The molecule has 1 N–H and O–H groups in total. The summed E-state index contributed by atoms with van der Waals surface area (Å²) in [5, 5.41) is 5.72. The maximum absolute atomic E-state index is 5.05. The van der Waals surface area contributed by atoms with Crippen molar-refractivity contribution in [1.29, 1.82) is 0 Å². The summed E-state index contributed by atoms with van der Waals surface area (Å²) in [7, 11) is 0. The van der Waals surface area contributed by atoms with Crippen LogP contribution in [0.3, 0.4) is 0 Å². The first-order valence-electron chi connectivity index (χ1n) is 7.70. The zero-order valence-corrected chi connectivity index (χ0v) is 13.4. The van der Waals surface area contributed by atoms with Gasteiger partial charge in [-0.2, -0.15) is 11.8 Å². The van der Waals surface area contributed by atoms with Gasteiger partial charge in [0.25, 0.3) is 0 Å². The Kier molecular flexibility index (Phi) is 4.83. The predicted octanol–water partition coefficient (Wildman–Crippen LogP) is 4.13. The molecular formula is C15H24N2S2. The molecule has 106 valence electrons. The Balaban J connectivity index is 1.71. The third-order valence-corrected chi connectivity index (χ3v) is 6.89. The van der Waals surface area contributed by atoms with Crippen molar-refractivity contribution in [3.8, 4) is 0 Å². The second kappa shape index (κ2) is 6.59. The molecule has 0 amide bonds. The largest absolute Gasteiger partial charge is 0.316 e. The molecule has 3 rings (SSSR count). The van der Waals surface area contributed by atoms with Gasteiger partial charge in [0.15, 0.2) is 0 Å². The van der Waals surface area contributed by atoms with Crippen molar-refractivity contribution in [3.05, 3.63) is 15.6 Å². The summed E-state index contributed by atoms with van der Waals surface area (Å²) in [5.74, 6) is 2.00. The van der Waals surface area contributed by atoms with Crippen LogP contribution in [0.25, 0.3) is 0 Å². The Morgan fingerprint density at radius 3 is 3.05 bits per heavy atom. The molecule has 1 aliphatic carbocycles. The van der Waals surface area contributed by atoms with Crippen LogP contribution in [0.1, 0.15) is 65.8 Å². The lowest BCUT2D eigenvalue weighted by Gasteiger charge is -2.21. The van der Waals surface area contributed by atoms with E-state index in [1.54, 1.807) is 4.88 Å². The molecule has 2 nitrogen and oxygen atoms in total. The minimum absolute atomic E-state index is 0.673. The number of aryl methyl sites for hydroxylation is 1. The van der Waals surface area contributed by atoms with E-state index in [0.717, 1.165) is 13.1 Å². The molecule has 2 unspecified atom stereocenters. The predicted molar refractivity (Wildman–Crippen MR) is 85.4 cm³/mol. The molecule has 2 heterocycles. The highest BCUT2D eigenvalue weighted by Gasteiger charge is 2.28. The van der Waals surface area contributed by atoms with Crippen LogP contribution in [0.5, 0.6) is 0 Å². The summed E-state index contributed by atoms with van der Waals surface area (Å²) < 4.78 is 0. The topological polar surface area (TPSA) is 24.9 Å². The summed E-state index contributed by atoms with van der Waals surface area (Å²) >= 11 is 4.13. The molecule has 0 saturated carbocycles. The molecular weight excluding hydrogens is 272 g/mol. The van der Waals surface area contributed by atoms with E-state index in [1.165, 1.54) is 55.0 Å². The molecule has 0 aromatic carbocycles. The summed E-state index contributed by atoms with van der Waals surface area (Å²) in [4.78, 5) is 6.65. The van der Waals surface area contributed by atoms with Crippen molar-refractivity contribution in [2.24, 2.45) is 0 Å². The van der Waals surface area contributed by atoms with Gasteiger partial charge in [0.05, 0.1) is 10.9 Å². The lowest BCUT2D eigenvalue weighted by molar-refractivity contribution is 0.500. The van der Waals surface area contributed by atoms with Crippen molar-refractivity contribution < 1.29 is 0 Å². The van der Waals surface area contributed by atoms with E-state index in [-0.39, 0.29) is 0 Å². The van der Waals surface area contributed by atoms with Gasteiger partial charge in [-0.15, -0.1) is 11.3 Å². The van der Waals surface area contributed by atoms with E-state index in [4.69, 9.17) is 4.98 Å². The Labute approximate surface area is 124 Å². The number of rotatable bonds is 5. The fraction of sp³-hybridized carbons (Fsp3) is 0.800. The van der Waals surface area contributed by atoms with Crippen molar-refractivity contribution in [2.45, 2.75) is 56.6 Å². The molecule has 2 atom stereocenters. The molecule has 1 aromatic rings. The van der Waals surface area contributed by atoms with Crippen molar-refractivity contribution in [3.63, 3.8) is 0 Å². The number of nitrogens with zero attached hydrogens (tertiary/aromatic N) is 1. The van der Waals surface area contributed by atoms with Gasteiger partial charge >= 0.3 is 0 Å². The number of fused-ring (bicyclic) bond motifs is 1. The van der Waals surface area contributed by atoms with E-state index < -0.39 is 0 Å². The highest BCUT2D eigenvalue weighted by atomic mass is 32.2. The van der Waals surface area contributed by atoms with Crippen LogP contribution in [0.2, 0.25) is 0 Å². The quantitative estimate of drug-likeness (QED) is 0.827. The maximum atomic E-state index is 5.05. The van der Waals surface area contributed by atoms with Crippen LogP contribution < -0.4 is 5.32 Å². The van der Waals surface area contributed by atoms with E-state index in [0.29, 0.717) is 11.2 Å².